The van der Waals surface area contributed by atoms with Crippen LogP contribution < -0.4 is 10.1 Å². The van der Waals surface area contributed by atoms with Crippen LogP contribution in [0.4, 0.5) is 5.69 Å². The largest absolute Gasteiger partial charge is 0.497 e. The Balaban J connectivity index is 1.77. The van der Waals surface area contributed by atoms with Gasteiger partial charge in [0.2, 0.25) is 0 Å². The van der Waals surface area contributed by atoms with Crippen molar-refractivity contribution < 1.29 is 4.74 Å². The Morgan fingerprint density at radius 1 is 0.905 bits per heavy atom. The van der Waals surface area contributed by atoms with Gasteiger partial charge in [0, 0.05) is 12.2 Å². The van der Waals surface area contributed by atoms with Crippen LogP contribution in [0.15, 0.2) is 60.7 Å². The summed E-state index contributed by atoms with van der Waals surface area (Å²) in [5.41, 5.74) is 3.61. The van der Waals surface area contributed by atoms with Crippen molar-refractivity contribution in [2.45, 2.75) is 13.5 Å². The van der Waals surface area contributed by atoms with E-state index < -0.39 is 0 Å². The van der Waals surface area contributed by atoms with Gasteiger partial charge in [-0.25, -0.2) is 0 Å². The highest BCUT2D eigenvalue weighted by atomic mass is 16.5. The van der Waals surface area contributed by atoms with Crippen molar-refractivity contribution >= 4 is 16.5 Å². The number of nitrogens with one attached hydrogen (secondary N) is 1. The van der Waals surface area contributed by atoms with Gasteiger partial charge < -0.3 is 10.1 Å². The molecule has 3 rings (SSSR count). The highest BCUT2D eigenvalue weighted by Crippen LogP contribution is 2.22. The van der Waals surface area contributed by atoms with Crippen molar-refractivity contribution in [2.75, 3.05) is 12.4 Å². The maximum atomic E-state index is 5.23. The van der Waals surface area contributed by atoms with Crippen LogP contribution in [0.3, 0.4) is 0 Å². The van der Waals surface area contributed by atoms with E-state index >= 15 is 0 Å². The second-order valence-electron chi connectivity index (χ2n) is 5.22. The van der Waals surface area contributed by atoms with Gasteiger partial charge in [-0.1, -0.05) is 36.4 Å². The summed E-state index contributed by atoms with van der Waals surface area (Å²) in [6.45, 7) is 2.91. The Morgan fingerprint density at radius 2 is 1.71 bits per heavy atom. The summed E-state index contributed by atoms with van der Waals surface area (Å²) in [5.74, 6) is 0.892. The molecule has 0 bridgehead atoms. The number of ether oxygens (including phenoxy) is 1. The van der Waals surface area contributed by atoms with Gasteiger partial charge in [-0.3, -0.25) is 0 Å². The van der Waals surface area contributed by atoms with Crippen molar-refractivity contribution in [1.29, 1.82) is 0 Å². The molecule has 0 saturated heterocycles. The SMILES string of the molecule is COc1ccc(NCc2ccc3ccccc3c2)c(C)c1. The summed E-state index contributed by atoms with van der Waals surface area (Å²) in [6.07, 6.45) is 0. The van der Waals surface area contributed by atoms with Crippen molar-refractivity contribution in [3.8, 4) is 5.75 Å². The molecule has 1 N–H and O–H groups in total. The summed E-state index contributed by atoms with van der Waals surface area (Å²) in [6, 6.07) is 21.1. The lowest BCUT2D eigenvalue weighted by Gasteiger charge is -2.11. The molecule has 0 unspecified atom stereocenters. The van der Waals surface area contributed by atoms with Crippen LogP contribution in [0.2, 0.25) is 0 Å². The van der Waals surface area contributed by atoms with Crippen LogP contribution >= 0.6 is 0 Å². The van der Waals surface area contributed by atoms with E-state index in [1.54, 1.807) is 7.11 Å². The van der Waals surface area contributed by atoms with Crippen LogP contribution in [0.5, 0.6) is 5.75 Å². The maximum Gasteiger partial charge on any atom is 0.119 e. The molecule has 0 aliphatic carbocycles. The van der Waals surface area contributed by atoms with Crippen molar-refractivity contribution in [3.05, 3.63) is 71.8 Å². The fourth-order valence-corrected chi connectivity index (χ4v) is 2.51. The first-order valence-corrected chi connectivity index (χ1v) is 7.12. The normalized spacial score (nSPS) is 10.6. The Labute approximate surface area is 125 Å². The van der Waals surface area contributed by atoms with Crippen LogP contribution in [0, 0.1) is 6.92 Å². The molecule has 2 nitrogen and oxygen atoms in total. The average Bonchev–Trinajstić information content (AvgIpc) is 2.53. The van der Waals surface area contributed by atoms with E-state index in [-0.39, 0.29) is 0 Å². The van der Waals surface area contributed by atoms with E-state index in [4.69, 9.17) is 4.74 Å². The van der Waals surface area contributed by atoms with Gasteiger partial charge in [-0.05, 0) is 53.1 Å². The lowest BCUT2D eigenvalue weighted by Crippen LogP contribution is -2.01. The molecule has 0 heterocycles. The molecule has 0 fully saturated rings. The second kappa shape index (κ2) is 5.88. The first-order valence-electron chi connectivity index (χ1n) is 7.12. The van der Waals surface area contributed by atoms with Gasteiger partial charge in [0.15, 0.2) is 0 Å². The number of anilines is 1. The third-order valence-electron chi connectivity index (χ3n) is 3.73. The molecule has 0 saturated carbocycles. The van der Waals surface area contributed by atoms with Crippen LogP contribution in [-0.4, -0.2) is 7.11 Å². The molecule has 0 atom stereocenters. The first-order chi connectivity index (χ1) is 10.3. The molecule has 0 amide bonds. The molecule has 2 heteroatoms. The predicted octanol–water partition coefficient (Wildman–Crippen LogP) is 4.77. The summed E-state index contributed by atoms with van der Waals surface area (Å²) in [4.78, 5) is 0. The molecule has 0 aliphatic heterocycles. The molecule has 0 radical (unpaired) electrons. The van der Waals surface area contributed by atoms with Crippen LogP contribution in [-0.2, 0) is 6.54 Å². The fourth-order valence-electron chi connectivity index (χ4n) is 2.51. The number of hydrogen-bond donors (Lipinski definition) is 1. The first kappa shape index (κ1) is 13.5. The summed E-state index contributed by atoms with van der Waals surface area (Å²) in [5, 5.41) is 6.05. The van der Waals surface area contributed by atoms with Gasteiger partial charge in [0.1, 0.15) is 5.75 Å². The minimum Gasteiger partial charge on any atom is -0.497 e. The second-order valence-corrected chi connectivity index (χ2v) is 5.22. The van der Waals surface area contributed by atoms with E-state index in [0.29, 0.717) is 0 Å². The highest BCUT2D eigenvalue weighted by Gasteiger charge is 2.01. The lowest BCUT2D eigenvalue weighted by atomic mass is 10.1. The van der Waals surface area contributed by atoms with E-state index in [0.717, 1.165) is 18.0 Å². The standard InChI is InChI=1S/C19H19NO/c1-14-11-18(21-2)9-10-19(14)20-13-15-7-8-16-5-3-4-6-17(16)12-15/h3-12,20H,13H2,1-2H3. The topological polar surface area (TPSA) is 21.3 Å². The Morgan fingerprint density at radius 3 is 2.48 bits per heavy atom. The number of methoxy groups -OCH3 is 1. The molecule has 0 aromatic heterocycles. The van der Waals surface area contributed by atoms with Crippen molar-refractivity contribution in [2.24, 2.45) is 0 Å². The summed E-state index contributed by atoms with van der Waals surface area (Å²) < 4.78 is 5.23. The molecule has 106 valence electrons. The third kappa shape index (κ3) is 3.00. The summed E-state index contributed by atoms with van der Waals surface area (Å²) in [7, 11) is 1.69. The number of rotatable bonds is 4. The molecule has 0 aliphatic rings. The zero-order valence-corrected chi connectivity index (χ0v) is 12.4. The predicted molar refractivity (Wildman–Crippen MR) is 89.0 cm³/mol. The van der Waals surface area contributed by atoms with Gasteiger partial charge >= 0.3 is 0 Å². The molecule has 3 aromatic rings. The number of benzene rings is 3. The zero-order valence-electron chi connectivity index (χ0n) is 12.4. The fraction of sp³-hybridized carbons (Fsp3) is 0.158. The monoisotopic (exact) mass is 277 g/mol. The molecule has 3 aromatic carbocycles. The van der Waals surface area contributed by atoms with Crippen LogP contribution in [0.1, 0.15) is 11.1 Å². The maximum absolute atomic E-state index is 5.23. The van der Waals surface area contributed by atoms with Crippen molar-refractivity contribution in [1.82, 2.24) is 0 Å². The zero-order chi connectivity index (χ0) is 14.7. The van der Waals surface area contributed by atoms with Crippen LogP contribution in [0.25, 0.3) is 10.8 Å². The Bertz CT molecular complexity index is 764. The van der Waals surface area contributed by atoms with E-state index in [1.165, 1.54) is 21.9 Å². The number of aryl methyl sites for hydroxylation is 1. The van der Waals surface area contributed by atoms with Gasteiger partial charge in [-0.15, -0.1) is 0 Å². The minimum atomic E-state index is 0.817. The van der Waals surface area contributed by atoms with Gasteiger partial charge in [0.25, 0.3) is 0 Å². The quantitative estimate of drug-likeness (QED) is 0.741. The molecule has 0 spiro atoms. The molecular formula is C19H19NO. The van der Waals surface area contributed by atoms with Crippen molar-refractivity contribution in [3.63, 3.8) is 0 Å². The smallest absolute Gasteiger partial charge is 0.119 e. The molecular weight excluding hydrogens is 258 g/mol. The van der Waals surface area contributed by atoms with E-state index in [2.05, 4.69) is 60.8 Å². The third-order valence-corrected chi connectivity index (χ3v) is 3.73. The average molecular weight is 277 g/mol. The van der Waals surface area contributed by atoms with E-state index in [9.17, 15) is 0 Å². The Hall–Kier alpha value is -2.48. The number of fused-ring (bicyclic) bond motifs is 1. The van der Waals surface area contributed by atoms with Gasteiger partial charge in [0.05, 0.1) is 7.11 Å². The Kier molecular flexibility index (Phi) is 3.78. The summed E-state index contributed by atoms with van der Waals surface area (Å²) >= 11 is 0. The highest BCUT2D eigenvalue weighted by molar-refractivity contribution is 5.83. The minimum absolute atomic E-state index is 0.817. The number of hydrogen-bond acceptors (Lipinski definition) is 2. The van der Waals surface area contributed by atoms with Gasteiger partial charge in [-0.2, -0.15) is 0 Å². The molecule has 21 heavy (non-hydrogen) atoms. The lowest BCUT2D eigenvalue weighted by molar-refractivity contribution is 0.414. The van der Waals surface area contributed by atoms with E-state index in [1.807, 2.05) is 12.1 Å².